The van der Waals surface area contributed by atoms with Crippen LogP contribution in [-0.4, -0.2) is 48.8 Å². The number of pyridine rings is 1. The third-order valence-corrected chi connectivity index (χ3v) is 6.76. The SMILES string of the molecule is CCOC(=O)N1CCC(C2c3ccc(Cl)cc3C=C(C(=O)OC)c3cc(Br)cnc32)CC1. The number of esters is 1. The highest BCUT2D eigenvalue weighted by Crippen LogP contribution is 2.45. The van der Waals surface area contributed by atoms with Crippen molar-refractivity contribution in [2.75, 3.05) is 26.8 Å². The smallest absolute Gasteiger partial charge is 0.409 e. The van der Waals surface area contributed by atoms with E-state index in [4.69, 9.17) is 26.1 Å². The molecule has 1 aliphatic carbocycles. The Morgan fingerprint density at radius 2 is 2.00 bits per heavy atom. The van der Waals surface area contributed by atoms with Gasteiger partial charge in [-0.05, 0) is 77.0 Å². The summed E-state index contributed by atoms with van der Waals surface area (Å²) in [5, 5.41) is 0.597. The van der Waals surface area contributed by atoms with Gasteiger partial charge in [0.1, 0.15) is 0 Å². The number of benzene rings is 1. The van der Waals surface area contributed by atoms with Crippen LogP contribution in [0.3, 0.4) is 0 Å². The van der Waals surface area contributed by atoms with E-state index in [1.807, 2.05) is 37.3 Å². The summed E-state index contributed by atoms with van der Waals surface area (Å²) in [6.07, 6.45) is 4.94. The van der Waals surface area contributed by atoms with E-state index in [9.17, 15) is 9.59 Å². The van der Waals surface area contributed by atoms with Crippen LogP contribution in [-0.2, 0) is 14.3 Å². The van der Waals surface area contributed by atoms with E-state index < -0.39 is 5.97 Å². The van der Waals surface area contributed by atoms with Gasteiger partial charge in [-0.25, -0.2) is 9.59 Å². The molecule has 1 aromatic heterocycles. The Morgan fingerprint density at radius 3 is 2.69 bits per heavy atom. The molecule has 1 amide bonds. The molecule has 1 saturated heterocycles. The number of halogens is 2. The van der Waals surface area contributed by atoms with Crippen LogP contribution in [0, 0.1) is 5.92 Å². The second-order valence-corrected chi connectivity index (χ2v) is 9.26. The minimum atomic E-state index is -0.421. The average molecular weight is 520 g/mol. The molecular weight excluding hydrogens is 496 g/mol. The number of carbonyl (C=O) groups is 2. The van der Waals surface area contributed by atoms with Gasteiger partial charge in [0.15, 0.2) is 0 Å². The van der Waals surface area contributed by atoms with Gasteiger partial charge in [-0.2, -0.15) is 0 Å². The molecule has 0 saturated carbocycles. The van der Waals surface area contributed by atoms with Gasteiger partial charge in [0, 0.05) is 40.3 Å². The number of fused-ring (bicyclic) bond motifs is 2. The van der Waals surface area contributed by atoms with Gasteiger partial charge in [-0.1, -0.05) is 17.7 Å². The molecule has 32 heavy (non-hydrogen) atoms. The van der Waals surface area contributed by atoms with Crippen LogP contribution in [0.15, 0.2) is 34.9 Å². The number of hydrogen-bond acceptors (Lipinski definition) is 5. The van der Waals surface area contributed by atoms with Crippen molar-refractivity contribution in [2.45, 2.75) is 25.7 Å². The molecule has 0 N–H and O–H groups in total. The van der Waals surface area contributed by atoms with Gasteiger partial charge in [0.2, 0.25) is 0 Å². The standard InChI is InChI=1S/C24H24BrClN2O4/c1-3-32-24(30)28-8-6-14(7-9-28)21-18-5-4-17(26)10-15(18)11-20(23(29)31-2)19-12-16(25)13-27-22(19)21/h4-5,10-14,21H,3,6-9H2,1-2H3. The summed E-state index contributed by atoms with van der Waals surface area (Å²) < 4.78 is 11.0. The Labute approximate surface area is 200 Å². The van der Waals surface area contributed by atoms with Crippen LogP contribution in [0.1, 0.15) is 48.1 Å². The molecular formula is C24H24BrClN2O4. The van der Waals surface area contributed by atoms with Crippen LogP contribution < -0.4 is 0 Å². The molecule has 0 spiro atoms. The second kappa shape index (κ2) is 9.63. The van der Waals surface area contributed by atoms with Crippen molar-refractivity contribution in [3.8, 4) is 0 Å². The lowest BCUT2D eigenvalue weighted by Crippen LogP contribution is -2.40. The molecule has 1 fully saturated rings. The molecule has 2 aliphatic rings. The van der Waals surface area contributed by atoms with E-state index in [0.29, 0.717) is 30.3 Å². The molecule has 1 aliphatic heterocycles. The van der Waals surface area contributed by atoms with Crippen LogP contribution >= 0.6 is 27.5 Å². The molecule has 0 radical (unpaired) electrons. The lowest BCUT2D eigenvalue weighted by molar-refractivity contribution is -0.133. The monoisotopic (exact) mass is 518 g/mol. The first-order chi connectivity index (χ1) is 15.4. The number of hydrogen-bond donors (Lipinski definition) is 0. The number of likely N-dealkylation sites (tertiary alicyclic amines) is 1. The first-order valence-electron chi connectivity index (χ1n) is 10.6. The summed E-state index contributed by atoms with van der Waals surface area (Å²) in [7, 11) is 1.38. The molecule has 4 rings (SSSR count). The molecule has 2 heterocycles. The van der Waals surface area contributed by atoms with Crippen molar-refractivity contribution >= 4 is 51.2 Å². The molecule has 1 atom stereocenters. The Hall–Kier alpha value is -2.38. The van der Waals surface area contributed by atoms with Gasteiger partial charge >= 0.3 is 12.1 Å². The fraction of sp³-hybridized carbons (Fsp3) is 0.375. The van der Waals surface area contributed by atoms with E-state index in [2.05, 4.69) is 15.9 Å². The van der Waals surface area contributed by atoms with E-state index in [-0.39, 0.29) is 17.9 Å². The topological polar surface area (TPSA) is 68.7 Å². The molecule has 168 valence electrons. The zero-order valence-corrected chi connectivity index (χ0v) is 20.3. The summed E-state index contributed by atoms with van der Waals surface area (Å²) in [4.78, 5) is 31.4. The lowest BCUT2D eigenvalue weighted by atomic mass is 9.76. The summed E-state index contributed by atoms with van der Waals surface area (Å²) in [5.74, 6) is -0.235. The maximum Gasteiger partial charge on any atom is 0.409 e. The highest BCUT2D eigenvalue weighted by atomic mass is 79.9. The van der Waals surface area contributed by atoms with Crippen molar-refractivity contribution in [1.82, 2.24) is 9.88 Å². The number of amides is 1. The molecule has 0 bridgehead atoms. The highest BCUT2D eigenvalue weighted by molar-refractivity contribution is 9.10. The number of piperidine rings is 1. The van der Waals surface area contributed by atoms with E-state index >= 15 is 0 Å². The average Bonchev–Trinajstić information content (AvgIpc) is 2.93. The second-order valence-electron chi connectivity index (χ2n) is 7.91. The zero-order chi connectivity index (χ0) is 22.8. The molecule has 1 aromatic carbocycles. The third-order valence-electron chi connectivity index (χ3n) is 6.10. The summed E-state index contributed by atoms with van der Waals surface area (Å²) >= 11 is 9.81. The number of carbonyl (C=O) groups excluding carboxylic acids is 2. The van der Waals surface area contributed by atoms with Crippen LogP contribution in [0.4, 0.5) is 4.79 Å². The van der Waals surface area contributed by atoms with E-state index in [0.717, 1.165) is 39.7 Å². The van der Waals surface area contributed by atoms with Gasteiger partial charge in [0.05, 0.1) is 25.0 Å². The quantitative estimate of drug-likeness (QED) is 0.499. The zero-order valence-electron chi connectivity index (χ0n) is 17.9. The largest absolute Gasteiger partial charge is 0.465 e. The Morgan fingerprint density at radius 1 is 1.25 bits per heavy atom. The predicted molar refractivity (Wildman–Crippen MR) is 126 cm³/mol. The molecule has 1 unspecified atom stereocenters. The van der Waals surface area contributed by atoms with Crippen LogP contribution in [0.25, 0.3) is 11.6 Å². The minimum absolute atomic E-state index is 0.0480. The van der Waals surface area contributed by atoms with Crippen molar-refractivity contribution in [3.05, 3.63) is 62.3 Å². The third kappa shape index (κ3) is 4.41. The van der Waals surface area contributed by atoms with Gasteiger partial charge in [-0.3, -0.25) is 4.98 Å². The van der Waals surface area contributed by atoms with Crippen molar-refractivity contribution < 1.29 is 19.1 Å². The van der Waals surface area contributed by atoms with Crippen LogP contribution in [0.5, 0.6) is 0 Å². The fourth-order valence-electron chi connectivity index (χ4n) is 4.63. The first kappa shape index (κ1) is 22.8. The molecule has 6 nitrogen and oxygen atoms in total. The number of nitrogens with zero attached hydrogens (tertiary/aromatic N) is 2. The minimum Gasteiger partial charge on any atom is -0.465 e. The summed E-state index contributed by atoms with van der Waals surface area (Å²) in [6, 6.07) is 7.68. The van der Waals surface area contributed by atoms with Crippen LogP contribution in [0.2, 0.25) is 5.02 Å². The van der Waals surface area contributed by atoms with Crippen molar-refractivity contribution in [2.24, 2.45) is 5.92 Å². The van der Waals surface area contributed by atoms with Crippen molar-refractivity contribution in [1.29, 1.82) is 0 Å². The molecule has 8 heteroatoms. The highest BCUT2D eigenvalue weighted by Gasteiger charge is 2.36. The summed E-state index contributed by atoms with van der Waals surface area (Å²) in [6.45, 7) is 3.41. The van der Waals surface area contributed by atoms with Crippen molar-refractivity contribution in [3.63, 3.8) is 0 Å². The Kier molecular flexibility index (Phi) is 6.86. The van der Waals surface area contributed by atoms with Gasteiger partial charge < -0.3 is 14.4 Å². The Bertz CT molecular complexity index is 1080. The molecule has 2 aromatic rings. The maximum atomic E-state index is 12.7. The maximum absolute atomic E-state index is 12.7. The number of ether oxygens (including phenoxy) is 2. The lowest BCUT2D eigenvalue weighted by Gasteiger charge is -2.36. The Balaban J connectivity index is 1.79. The van der Waals surface area contributed by atoms with E-state index in [1.54, 1.807) is 11.1 Å². The van der Waals surface area contributed by atoms with E-state index in [1.165, 1.54) is 7.11 Å². The first-order valence-corrected chi connectivity index (χ1v) is 11.8. The van der Waals surface area contributed by atoms with Gasteiger partial charge in [0.25, 0.3) is 0 Å². The number of aromatic nitrogens is 1. The van der Waals surface area contributed by atoms with Gasteiger partial charge in [-0.15, -0.1) is 0 Å². The summed E-state index contributed by atoms with van der Waals surface area (Å²) in [5.41, 5.74) is 3.98. The predicted octanol–water partition coefficient (Wildman–Crippen LogP) is 5.52. The number of rotatable bonds is 3. The number of methoxy groups -OCH3 is 1. The normalized spacial score (nSPS) is 18.2. The fourth-order valence-corrected chi connectivity index (χ4v) is 5.15.